The molecular weight excluding hydrogens is 559 g/mol. The third-order valence-electron chi connectivity index (χ3n) is 7.20. The highest BCUT2D eigenvalue weighted by Gasteiger charge is 2.34. The molecular formula is C33H38F3N3O4. The van der Waals surface area contributed by atoms with Crippen molar-refractivity contribution in [1.29, 1.82) is 0 Å². The monoisotopic (exact) mass is 597 g/mol. The van der Waals surface area contributed by atoms with Gasteiger partial charge in [0.2, 0.25) is 5.91 Å². The van der Waals surface area contributed by atoms with Gasteiger partial charge in [0, 0.05) is 69.0 Å². The third-order valence-corrected chi connectivity index (χ3v) is 7.20. The van der Waals surface area contributed by atoms with Gasteiger partial charge in [0.1, 0.15) is 11.4 Å². The van der Waals surface area contributed by atoms with Crippen molar-refractivity contribution in [1.82, 2.24) is 9.88 Å². The Morgan fingerprint density at radius 1 is 0.907 bits per heavy atom. The standard InChI is InChI=1S/C33H38F3N3O4/c1-22(40)38-13-15-39(16-14-38)27-11-9-25(30(21-27)42-5)20-26-10-12-28(33(34,35)36)29(37-26)18-23-7-6-8-24(17-23)19-31(41)43-32(2,3)4/h6-12,17,21H,13-16,18-20H2,1-5H3. The van der Waals surface area contributed by atoms with E-state index in [2.05, 4.69) is 9.88 Å². The normalized spacial score (nSPS) is 14.0. The van der Waals surface area contributed by atoms with Crippen molar-refractivity contribution in [3.05, 3.63) is 88.2 Å². The van der Waals surface area contributed by atoms with Crippen LogP contribution in [0.2, 0.25) is 0 Å². The van der Waals surface area contributed by atoms with Gasteiger partial charge in [-0.2, -0.15) is 13.2 Å². The summed E-state index contributed by atoms with van der Waals surface area (Å²) in [7, 11) is 1.56. The molecule has 3 aromatic rings. The highest BCUT2D eigenvalue weighted by atomic mass is 19.4. The summed E-state index contributed by atoms with van der Waals surface area (Å²) in [5, 5.41) is 0. The molecule has 1 saturated heterocycles. The number of rotatable bonds is 8. The highest BCUT2D eigenvalue weighted by Crippen LogP contribution is 2.34. The molecule has 1 aliphatic heterocycles. The van der Waals surface area contributed by atoms with Gasteiger partial charge in [-0.3, -0.25) is 14.6 Å². The van der Waals surface area contributed by atoms with Crippen molar-refractivity contribution < 1.29 is 32.2 Å². The summed E-state index contributed by atoms with van der Waals surface area (Å²) < 4.78 is 53.0. The quantitative estimate of drug-likeness (QED) is 0.304. The van der Waals surface area contributed by atoms with Crippen molar-refractivity contribution in [3.63, 3.8) is 0 Å². The molecule has 0 unspecified atom stereocenters. The minimum absolute atomic E-state index is 0.0207. The Balaban J connectivity index is 1.54. The number of ether oxygens (including phenoxy) is 2. The maximum Gasteiger partial charge on any atom is 0.418 e. The predicted molar refractivity (Wildman–Crippen MR) is 158 cm³/mol. The zero-order chi connectivity index (χ0) is 31.4. The van der Waals surface area contributed by atoms with Crippen LogP contribution in [0.5, 0.6) is 5.75 Å². The van der Waals surface area contributed by atoms with E-state index in [9.17, 15) is 22.8 Å². The number of hydrogen-bond donors (Lipinski definition) is 0. The van der Waals surface area contributed by atoms with E-state index < -0.39 is 23.3 Å². The Labute approximate surface area is 250 Å². The smallest absolute Gasteiger partial charge is 0.418 e. The van der Waals surface area contributed by atoms with Gasteiger partial charge in [0.25, 0.3) is 0 Å². The van der Waals surface area contributed by atoms with E-state index in [-0.39, 0.29) is 30.9 Å². The van der Waals surface area contributed by atoms with Crippen LogP contribution in [0.15, 0.2) is 54.6 Å². The Kier molecular flexibility index (Phi) is 9.67. The summed E-state index contributed by atoms with van der Waals surface area (Å²) in [6, 6.07) is 15.2. The van der Waals surface area contributed by atoms with Crippen LogP contribution in [-0.4, -0.2) is 60.7 Å². The lowest BCUT2D eigenvalue weighted by molar-refractivity contribution is -0.154. The molecule has 7 nitrogen and oxygen atoms in total. The number of halogens is 3. The average Bonchev–Trinajstić information content (AvgIpc) is 2.92. The number of amides is 1. The second-order valence-electron chi connectivity index (χ2n) is 11.7. The van der Waals surface area contributed by atoms with Crippen LogP contribution in [-0.2, 0) is 39.8 Å². The van der Waals surface area contributed by atoms with Crippen LogP contribution in [0.3, 0.4) is 0 Å². The first-order valence-corrected chi connectivity index (χ1v) is 14.2. The number of piperazine rings is 1. The Hall–Kier alpha value is -4.08. The molecule has 0 radical (unpaired) electrons. The minimum atomic E-state index is -4.57. The van der Waals surface area contributed by atoms with E-state index in [1.807, 2.05) is 23.1 Å². The topological polar surface area (TPSA) is 72.0 Å². The van der Waals surface area contributed by atoms with Gasteiger partial charge in [-0.15, -0.1) is 0 Å². The Morgan fingerprint density at radius 3 is 2.23 bits per heavy atom. The van der Waals surface area contributed by atoms with Crippen molar-refractivity contribution in [2.75, 3.05) is 38.2 Å². The fourth-order valence-corrected chi connectivity index (χ4v) is 5.18. The van der Waals surface area contributed by atoms with Crippen LogP contribution in [0.25, 0.3) is 0 Å². The fourth-order valence-electron chi connectivity index (χ4n) is 5.18. The molecule has 10 heteroatoms. The van der Waals surface area contributed by atoms with E-state index in [1.165, 1.54) is 6.07 Å². The van der Waals surface area contributed by atoms with Gasteiger partial charge >= 0.3 is 12.1 Å². The Morgan fingerprint density at radius 2 is 1.60 bits per heavy atom. The molecule has 0 aliphatic carbocycles. The number of anilines is 1. The molecule has 43 heavy (non-hydrogen) atoms. The van der Waals surface area contributed by atoms with E-state index in [1.54, 1.807) is 59.1 Å². The molecule has 0 bridgehead atoms. The SMILES string of the molecule is COc1cc(N2CCN(C(C)=O)CC2)ccc1Cc1ccc(C(F)(F)F)c(Cc2cccc(CC(=O)OC(C)(C)C)c2)n1. The zero-order valence-electron chi connectivity index (χ0n) is 25.3. The molecule has 0 spiro atoms. The molecule has 0 saturated carbocycles. The molecule has 4 rings (SSSR count). The van der Waals surface area contributed by atoms with Crippen LogP contribution in [0, 0.1) is 0 Å². The lowest BCUT2D eigenvalue weighted by Gasteiger charge is -2.35. The minimum Gasteiger partial charge on any atom is -0.496 e. The fraction of sp³-hybridized carbons (Fsp3) is 0.424. The number of pyridine rings is 1. The molecule has 1 fully saturated rings. The molecule has 1 amide bonds. The van der Waals surface area contributed by atoms with Crippen molar-refractivity contribution in [2.45, 2.75) is 58.7 Å². The van der Waals surface area contributed by atoms with Crippen LogP contribution in [0.1, 0.15) is 61.3 Å². The number of aromatic nitrogens is 1. The summed E-state index contributed by atoms with van der Waals surface area (Å²) in [4.78, 5) is 32.4. The molecule has 0 atom stereocenters. The summed E-state index contributed by atoms with van der Waals surface area (Å²) in [5.41, 5.74) is 2.00. The summed E-state index contributed by atoms with van der Waals surface area (Å²) >= 11 is 0. The number of alkyl halides is 3. The van der Waals surface area contributed by atoms with Gasteiger partial charge in [0.15, 0.2) is 0 Å². The predicted octanol–water partition coefficient (Wildman–Crippen LogP) is 5.84. The number of carbonyl (C=O) groups excluding carboxylic acids is 2. The second-order valence-corrected chi connectivity index (χ2v) is 11.7. The second kappa shape index (κ2) is 13.1. The Bertz CT molecular complexity index is 1460. The van der Waals surface area contributed by atoms with Crippen molar-refractivity contribution >= 4 is 17.6 Å². The van der Waals surface area contributed by atoms with Gasteiger partial charge in [-0.25, -0.2) is 0 Å². The largest absolute Gasteiger partial charge is 0.496 e. The van der Waals surface area contributed by atoms with Gasteiger partial charge < -0.3 is 19.3 Å². The van der Waals surface area contributed by atoms with Crippen LogP contribution >= 0.6 is 0 Å². The van der Waals surface area contributed by atoms with Crippen molar-refractivity contribution in [2.24, 2.45) is 0 Å². The average molecular weight is 598 g/mol. The lowest BCUT2D eigenvalue weighted by Crippen LogP contribution is -2.48. The molecule has 1 aromatic heterocycles. The van der Waals surface area contributed by atoms with E-state index in [4.69, 9.17) is 9.47 Å². The summed E-state index contributed by atoms with van der Waals surface area (Å²) in [6.07, 6.45) is -4.31. The number of esters is 1. The van der Waals surface area contributed by atoms with Gasteiger partial charge in [-0.1, -0.05) is 30.3 Å². The lowest BCUT2D eigenvalue weighted by atomic mass is 10.00. The van der Waals surface area contributed by atoms with Crippen molar-refractivity contribution in [3.8, 4) is 5.75 Å². The molecule has 0 N–H and O–H groups in total. The van der Waals surface area contributed by atoms with E-state index in [0.29, 0.717) is 48.7 Å². The number of nitrogens with zero attached hydrogens (tertiary/aromatic N) is 3. The number of carbonyl (C=O) groups is 2. The highest BCUT2D eigenvalue weighted by molar-refractivity contribution is 5.74. The van der Waals surface area contributed by atoms with Crippen LogP contribution in [0.4, 0.5) is 18.9 Å². The van der Waals surface area contributed by atoms with Crippen LogP contribution < -0.4 is 9.64 Å². The number of methoxy groups -OCH3 is 1. The third kappa shape index (κ3) is 8.72. The number of benzene rings is 2. The number of hydrogen-bond acceptors (Lipinski definition) is 6. The maximum atomic E-state index is 14.0. The van der Waals surface area contributed by atoms with Gasteiger partial charge in [0.05, 0.1) is 24.8 Å². The van der Waals surface area contributed by atoms with E-state index in [0.717, 1.165) is 17.3 Å². The van der Waals surface area contributed by atoms with Gasteiger partial charge in [-0.05, 0) is 50.1 Å². The summed E-state index contributed by atoms with van der Waals surface area (Å²) in [6.45, 7) is 9.58. The first-order chi connectivity index (χ1) is 20.2. The first-order valence-electron chi connectivity index (χ1n) is 14.2. The summed E-state index contributed by atoms with van der Waals surface area (Å²) in [5.74, 6) is 0.271. The zero-order valence-corrected chi connectivity index (χ0v) is 25.3. The molecule has 2 aromatic carbocycles. The molecule has 1 aliphatic rings. The van der Waals surface area contributed by atoms with E-state index >= 15 is 0 Å². The maximum absolute atomic E-state index is 14.0. The molecule has 2 heterocycles. The molecule has 230 valence electrons. The first kappa shape index (κ1) is 31.8.